The zero-order chi connectivity index (χ0) is 12.2. The number of halogens is 1. The lowest BCUT2D eigenvalue weighted by atomic mass is 10.2. The van der Waals surface area contributed by atoms with Gasteiger partial charge in [-0.25, -0.2) is 12.2 Å². The van der Waals surface area contributed by atoms with Gasteiger partial charge in [0, 0.05) is 11.3 Å². The van der Waals surface area contributed by atoms with E-state index in [0.717, 1.165) is 16.7 Å². The maximum absolute atomic E-state index is 12.3. The molecular weight excluding hydrogens is 329 g/mol. The smallest absolute Gasteiger partial charge is 0.262 e. The third-order valence-electron chi connectivity index (χ3n) is 3.04. The lowest BCUT2D eigenvalue weighted by molar-refractivity contribution is 1.00. The molecule has 1 aromatic carbocycles. The summed E-state index contributed by atoms with van der Waals surface area (Å²) in [5.74, 6) is 0.680. The molecule has 4 nitrogen and oxygen atoms in total. The first kappa shape index (κ1) is 10.8. The van der Waals surface area contributed by atoms with Gasteiger partial charge in [-0.05, 0) is 26.0 Å². The Bertz CT molecular complexity index is 801. The molecule has 0 saturated heterocycles. The number of aryl methyl sites for hydroxylation is 1. The minimum Gasteiger partial charge on any atom is -0.269 e. The number of aromatic nitrogens is 3. The van der Waals surface area contributed by atoms with Gasteiger partial charge in [-0.1, -0.05) is 12.1 Å². The average Bonchev–Trinajstić information content (AvgIpc) is 2.61. The standard InChI is InChI=1S/C12H10IN3O/c1-7-8(2)14-12-15(11(7)17)9-5-3-4-6-10(9)16(12)13/h3-6H,1-2H3. The summed E-state index contributed by atoms with van der Waals surface area (Å²) in [6.07, 6.45) is 0. The van der Waals surface area contributed by atoms with Gasteiger partial charge >= 0.3 is 0 Å². The fourth-order valence-electron chi connectivity index (χ4n) is 1.97. The Kier molecular flexibility index (Phi) is 2.25. The van der Waals surface area contributed by atoms with Crippen LogP contribution in [0.5, 0.6) is 0 Å². The number of hydrogen-bond acceptors (Lipinski definition) is 2. The first-order chi connectivity index (χ1) is 8.11. The molecule has 2 heterocycles. The lowest BCUT2D eigenvalue weighted by Crippen LogP contribution is -2.18. The van der Waals surface area contributed by atoms with E-state index in [4.69, 9.17) is 0 Å². The molecule has 0 aliphatic carbocycles. The maximum atomic E-state index is 12.3. The third-order valence-corrected chi connectivity index (χ3v) is 4.00. The Balaban J connectivity index is 2.73. The zero-order valence-corrected chi connectivity index (χ0v) is 11.6. The molecule has 0 aliphatic heterocycles. The summed E-state index contributed by atoms with van der Waals surface area (Å²) in [7, 11) is 0. The Morgan fingerprint density at radius 1 is 1.18 bits per heavy atom. The van der Waals surface area contributed by atoms with Gasteiger partial charge in [0.05, 0.1) is 33.9 Å². The van der Waals surface area contributed by atoms with Crippen LogP contribution in [0.1, 0.15) is 11.3 Å². The topological polar surface area (TPSA) is 39.3 Å². The van der Waals surface area contributed by atoms with Gasteiger partial charge in [-0.3, -0.25) is 4.79 Å². The van der Waals surface area contributed by atoms with Crippen LogP contribution in [0.4, 0.5) is 0 Å². The number of benzene rings is 1. The fraction of sp³-hybridized carbons (Fsp3) is 0.167. The van der Waals surface area contributed by atoms with Crippen molar-refractivity contribution in [2.75, 3.05) is 0 Å². The summed E-state index contributed by atoms with van der Waals surface area (Å²) in [4.78, 5) is 16.8. The van der Waals surface area contributed by atoms with Crippen LogP contribution < -0.4 is 5.56 Å². The molecular formula is C12H10IN3O. The largest absolute Gasteiger partial charge is 0.269 e. The summed E-state index contributed by atoms with van der Waals surface area (Å²) in [5.41, 5.74) is 3.41. The summed E-state index contributed by atoms with van der Waals surface area (Å²) in [6.45, 7) is 3.68. The predicted molar refractivity (Wildman–Crippen MR) is 75.9 cm³/mol. The predicted octanol–water partition coefficient (Wildman–Crippen LogP) is 2.46. The summed E-state index contributed by atoms with van der Waals surface area (Å²) >= 11 is 2.17. The van der Waals surface area contributed by atoms with Gasteiger partial charge in [0.15, 0.2) is 0 Å². The molecule has 0 spiro atoms. The van der Waals surface area contributed by atoms with Crippen LogP contribution in [-0.4, -0.2) is 12.2 Å². The molecule has 0 bridgehead atoms. The Hall–Kier alpha value is -1.37. The van der Waals surface area contributed by atoms with E-state index in [2.05, 4.69) is 27.8 Å². The number of hydrogen-bond donors (Lipinski definition) is 0. The molecule has 3 aromatic rings. The zero-order valence-electron chi connectivity index (χ0n) is 9.44. The molecule has 0 radical (unpaired) electrons. The third kappa shape index (κ3) is 1.35. The van der Waals surface area contributed by atoms with Crippen LogP contribution in [0.3, 0.4) is 0 Å². The van der Waals surface area contributed by atoms with E-state index in [0.29, 0.717) is 11.3 Å². The van der Waals surface area contributed by atoms with Crippen molar-refractivity contribution in [3.05, 3.63) is 45.9 Å². The van der Waals surface area contributed by atoms with E-state index in [-0.39, 0.29) is 5.56 Å². The number of rotatable bonds is 0. The molecule has 0 N–H and O–H groups in total. The van der Waals surface area contributed by atoms with E-state index in [1.54, 1.807) is 4.40 Å². The Morgan fingerprint density at radius 2 is 1.82 bits per heavy atom. The van der Waals surface area contributed by atoms with Crippen molar-refractivity contribution in [3.8, 4) is 0 Å². The van der Waals surface area contributed by atoms with Gasteiger partial charge < -0.3 is 0 Å². The van der Waals surface area contributed by atoms with Crippen molar-refractivity contribution < 1.29 is 0 Å². The van der Waals surface area contributed by atoms with Crippen molar-refractivity contribution >= 4 is 39.7 Å². The van der Waals surface area contributed by atoms with Crippen molar-refractivity contribution in [3.63, 3.8) is 0 Å². The van der Waals surface area contributed by atoms with Gasteiger partial charge in [0.25, 0.3) is 5.56 Å². The van der Waals surface area contributed by atoms with Gasteiger partial charge in [-0.15, -0.1) is 0 Å². The highest BCUT2D eigenvalue weighted by Gasteiger charge is 2.13. The van der Waals surface area contributed by atoms with Crippen LogP contribution in [0, 0.1) is 13.8 Å². The van der Waals surface area contributed by atoms with Crippen LogP contribution in [-0.2, 0) is 0 Å². The first-order valence-electron chi connectivity index (χ1n) is 5.27. The molecule has 3 rings (SSSR count). The minimum atomic E-state index is 0.0131. The quantitative estimate of drug-likeness (QED) is 0.591. The second kappa shape index (κ2) is 3.56. The molecule has 0 saturated carbocycles. The molecule has 0 unspecified atom stereocenters. The molecule has 2 aromatic heterocycles. The highest BCUT2D eigenvalue weighted by molar-refractivity contribution is 14.1. The van der Waals surface area contributed by atoms with Gasteiger partial charge in [-0.2, -0.15) is 0 Å². The van der Waals surface area contributed by atoms with Gasteiger partial charge in [0.2, 0.25) is 5.78 Å². The summed E-state index contributed by atoms with van der Waals surface area (Å²) in [5, 5.41) is 0. The molecule has 0 amide bonds. The number of nitrogens with zero attached hydrogens (tertiary/aromatic N) is 3. The number of imidazole rings is 1. The van der Waals surface area contributed by atoms with E-state index in [9.17, 15) is 4.79 Å². The highest BCUT2D eigenvalue weighted by Crippen LogP contribution is 2.21. The lowest BCUT2D eigenvalue weighted by Gasteiger charge is -2.00. The molecule has 86 valence electrons. The molecule has 0 aliphatic rings. The summed E-state index contributed by atoms with van der Waals surface area (Å²) < 4.78 is 3.59. The van der Waals surface area contributed by atoms with Crippen molar-refractivity contribution in [1.82, 2.24) is 12.2 Å². The van der Waals surface area contributed by atoms with E-state index in [1.807, 2.05) is 40.9 Å². The molecule has 0 fully saturated rings. The Morgan fingerprint density at radius 3 is 2.53 bits per heavy atom. The fourth-order valence-corrected chi connectivity index (χ4v) is 2.70. The van der Waals surface area contributed by atoms with Crippen LogP contribution in [0.15, 0.2) is 29.1 Å². The average molecular weight is 339 g/mol. The van der Waals surface area contributed by atoms with Crippen LogP contribution in [0.25, 0.3) is 16.8 Å². The maximum Gasteiger partial charge on any atom is 0.262 e. The summed E-state index contributed by atoms with van der Waals surface area (Å²) in [6, 6.07) is 7.82. The van der Waals surface area contributed by atoms with Gasteiger partial charge in [0.1, 0.15) is 0 Å². The van der Waals surface area contributed by atoms with Crippen molar-refractivity contribution in [1.29, 1.82) is 0 Å². The molecule has 17 heavy (non-hydrogen) atoms. The van der Waals surface area contributed by atoms with E-state index >= 15 is 0 Å². The van der Waals surface area contributed by atoms with E-state index in [1.165, 1.54) is 0 Å². The first-order valence-corrected chi connectivity index (χ1v) is 6.23. The number of fused-ring (bicyclic) bond motifs is 3. The van der Waals surface area contributed by atoms with E-state index < -0.39 is 0 Å². The van der Waals surface area contributed by atoms with Crippen molar-refractivity contribution in [2.45, 2.75) is 13.8 Å². The van der Waals surface area contributed by atoms with Crippen molar-refractivity contribution in [2.24, 2.45) is 0 Å². The second-order valence-electron chi connectivity index (χ2n) is 4.03. The highest BCUT2D eigenvalue weighted by atomic mass is 127. The molecule has 5 heteroatoms. The molecule has 0 atom stereocenters. The Labute approximate surface area is 111 Å². The SMILES string of the molecule is Cc1nc2n(I)c3ccccc3n2c(=O)c1C. The number of para-hydroxylation sites is 2. The normalized spacial score (nSPS) is 11.5. The monoisotopic (exact) mass is 339 g/mol. The van der Waals surface area contributed by atoms with Crippen LogP contribution >= 0.6 is 22.9 Å². The second-order valence-corrected chi connectivity index (χ2v) is 5.00. The minimum absolute atomic E-state index is 0.0131. The van der Waals surface area contributed by atoms with Crippen LogP contribution in [0.2, 0.25) is 0 Å².